The topological polar surface area (TPSA) is 81.9 Å². The predicted molar refractivity (Wildman–Crippen MR) is 86.3 cm³/mol. The number of ether oxygens (including phenoxy) is 2. The Morgan fingerprint density at radius 1 is 1.26 bits per heavy atom. The second-order valence-electron chi connectivity index (χ2n) is 5.93. The second-order valence-corrected chi connectivity index (χ2v) is 5.93. The zero-order valence-corrected chi connectivity index (χ0v) is 13.9. The molecule has 1 heterocycles. The highest BCUT2D eigenvalue weighted by Crippen LogP contribution is 2.27. The second kappa shape index (κ2) is 7.35. The molecular weight excluding hydrogens is 296 g/mol. The molecular formula is C17H24N2O4. The molecule has 1 aromatic carbocycles. The molecule has 126 valence electrons. The Balaban J connectivity index is 2.13. The van der Waals surface area contributed by atoms with Crippen LogP contribution in [-0.2, 0) is 16.0 Å². The van der Waals surface area contributed by atoms with Crippen LogP contribution in [0.5, 0.6) is 11.5 Å². The van der Waals surface area contributed by atoms with E-state index in [0.717, 1.165) is 18.4 Å². The monoisotopic (exact) mass is 320 g/mol. The van der Waals surface area contributed by atoms with Crippen LogP contribution in [0.25, 0.3) is 0 Å². The maximum absolute atomic E-state index is 12.7. The van der Waals surface area contributed by atoms with Gasteiger partial charge < -0.3 is 20.1 Å². The van der Waals surface area contributed by atoms with Crippen LogP contribution in [0.15, 0.2) is 18.2 Å². The predicted octanol–water partition coefficient (Wildman–Crippen LogP) is 1.36. The fourth-order valence-corrected chi connectivity index (χ4v) is 2.95. The Hall–Kier alpha value is -2.24. The first-order valence-corrected chi connectivity index (χ1v) is 7.76. The van der Waals surface area contributed by atoms with Crippen molar-refractivity contribution >= 4 is 11.8 Å². The first-order chi connectivity index (χ1) is 11.0. The lowest BCUT2D eigenvalue weighted by Crippen LogP contribution is -2.49. The maximum atomic E-state index is 12.7. The van der Waals surface area contributed by atoms with E-state index in [1.807, 2.05) is 13.0 Å². The summed E-state index contributed by atoms with van der Waals surface area (Å²) in [6, 6.07) is 5.50. The van der Waals surface area contributed by atoms with E-state index in [9.17, 15) is 9.59 Å². The van der Waals surface area contributed by atoms with E-state index in [1.165, 1.54) is 0 Å². The number of methoxy groups -OCH3 is 2. The number of likely N-dealkylation sites (tertiary alicyclic amines) is 1. The van der Waals surface area contributed by atoms with Crippen molar-refractivity contribution < 1.29 is 19.1 Å². The first kappa shape index (κ1) is 17.1. The number of primary amides is 1. The number of carbonyl (C=O) groups is 2. The normalized spacial score (nSPS) is 20.9. The molecule has 0 bridgehead atoms. The van der Waals surface area contributed by atoms with Gasteiger partial charge in [0.05, 0.1) is 26.6 Å². The molecule has 6 heteroatoms. The quantitative estimate of drug-likeness (QED) is 0.888. The number of hydrogen-bond acceptors (Lipinski definition) is 4. The van der Waals surface area contributed by atoms with Gasteiger partial charge in [-0.25, -0.2) is 0 Å². The van der Waals surface area contributed by atoms with Crippen molar-refractivity contribution in [3.8, 4) is 11.5 Å². The van der Waals surface area contributed by atoms with Crippen LogP contribution in [0, 0.1) is 5.92 Å². The lowest BCUT2D eigenvalue weighted by molar-refractivity contribution is -0.137. The molecule has 2 amide bonds. The largest absolute Gasteiger partial charge is 0.497 e. The molecule has 0 aromatic heterocycles. The number of nitrogens with zero attached hydrogens (tertiary/aromatic N) is 1. The van der Waals surface area contributed by atoms with Gasteiger partial charge in [-0.2, -0.15) is 0 Å². The lowest BCUT2D eigenvalue weighted by atomic mass is 9.92. The van der Waals surface area contributed by atoms with Gasteiger partial charge in [-0.3, -0.25) is 9.59 Å². The van der Waals surface area contributed by atoms with Crippen molar-refractivity contribution in [3.63, 3.8) is 0 Å². The summed E-state index contributed by atoms with van der Waals surface area (Å²) in [4.78, 5) is 25.8. The van der Waals surface area contributed by atoms with Crippen molar-refractivity contribution in [3.05, 3.63) is 23.8 Å². The van der Waals surface area contributed by atoms with Gasteiger partial charge in [-0.1, -0.05) is 6.07 Å². The van der Waals surface area contributed by atoms with E-state index >= 15 is 0 Å². The van der Waals surface area contributed by atoms with Gasteiger partial charge in [-0.05, 0) is 25.8 Å². The third kappa shape index (κ3) is 3.94. The minimum absolute atomic E-state index is 0.0214. The summed E-state index contributed by atoms with van der Waals surface area (Å²) in [5.74, 6) is 0.684. The molecule has 0 spiro atoms. The number of piperidine rings is 1. The van der Waals surface area contributed by atoms with Crippen molar-refractivity contribution in [2.24, 2.45) is 11.7 Å². The highest BCUT2D eigenvalue weighted by Gasteiger charge is 2.31. The summed E-state index contributed by atoms with van der Waals surface area (Å²) in [6.07, 6.45) is 1.76. The molecule has 0 unspecified atom stereocenters. The Bertz CT molecular complexity index is 588. The Kier molecular flexibility index (Phi) is 5.47. The minimum atomic E-state index is -0.336. The maximum Gasteiger partial charge on any atom is 0.227 e. The van der Waals surface area contributed by atoms with Crippen molar-refractivity contribution in [2.45, 2.75) is 32.2 Å². The third-order valence-corrected chi connectivity index (χ3v) is 4.44. The zero-order valence-electron chi connectivity index (χ0n) is 13.9. The van der Waals surface area contributed by atoms with Crippen LogP contribution in [0.2, 0.25) is 0 Å². The average Bonchev–Trinajstić information content (AvgIpc) is 2.55. The van der Waals surface area contributed by atoms with Crippen LogP contribution < -0.4 is 15.2 Å². The van der Waals surface area contributed by atoms with Crippen LogP contribution in [0.3, 0.4) is 0 Å². The molecule has 1 aliphatic heterocycles. The number of amides is 2. The van der Waals surface area contributed by atoms with Crippen LogP contribution in [0.4, 0.5) is 0 Å². The van der Waals surface area contributed by atoms with Crippen LogP contribution in [-0.4, -0.2) is 43.5 Å². The van der Waals surface area contributed by atoms with E-state index in [-0.39, 0.29) is 30.2 Å². The number of nitrogens with two attached hydrogens (primary N) is 1. The summed E-state index contributed by atoms with van der Waals surface area (Å²) < 4.78 is 10.5. The molecule has 1 aliphatic rings. The smallest absolute Gasteiger partial charge is 0.227 e. The van der Waals surface area contributed by atoms with Crippen LogP contribution >= 0.6 is 0 Å². The van der Waals surface area contributed by atoms with Crippen molar-refractivity contribution in [2.75, 3.05) is 20.8 Å². The Morgan fingerprint density at radius 2 is 2.00 bits per heavy atom. The van der Waals surface area contributed by atoms with Crippen molar-refractivity contribution in [1.29, 1.82) is 0 Å². The number of carbonyl (C=O) groups excluding carboxylic acids is 2. The van der Waals surface area contributed by atoms with E-state index in [2.05, 4.69) is 0 Å². The first-order valence-electron chi connectivity index (χ1n) is 7.76. The fourth-order valence-electron chi connectivity index (χ4n) is 2.95. The van der Waals surface area contributed by atoms with Gasteiger partial charge in [-0.15, -0.1) is 0 Å². The molecule has 2 atom stereocenters. The molecule has 1 aromatic rings. The summed E-state index contributed by atoms with van der Waals surface area (Å²) in [6.45, 7) is 2.40. The molecule has 1 fully saturated rings. The van der Waals surface area contributed by atoms with E-state index in [0.29, 0.717) is 18.0 Å². The molecule has 0 radical (unpaired) electrons. The fraction of sp³-hybridized carbons (Fsp3) is 0.529. The molecule has 6 nitrogen and oxygen atoms in total. The minimum Gasteiger partial charge on any atom is -0.497 e. The van der Waals surface area contributed by atoms with Gasteiger partial charge in [0.15, 0.2) is 0 Å². The number of benzene rings is 1. The SMILES string of the molecule is COc1ccc(CC(=O)N2C[C@H](C(N)=O)CC[C@H]2C)c(OC)c1. The summed E-state index contributed by atoms with van der Waals surface area (Å²) in [5.41, 5.74) is 6.19. The lowest BCUT2D eigenvalue weighted by Gasteiger charge is -2.37. The number of hydrogen-bond donors (Lipinski definition) is 1. The average molecular weight is 320 g/mol. The van der Waals surface area contributed by atoms with Gasteiger partial charge in [0.1, 0.15) is 11.5 Å². The van der Waals surface area contributed by atoms with E-state index in [4.69, 9.17) is 15.2 Å². The highest BCUT2D eigenvalue weighted by atomic mass is 16.5. The molecule has 0 saturated carbocycles. The summed E-state index contributed by atoms with van der Waals surface area (Å²) in [5, 5.41) is 0. The highest BCUT2D eigenvalue weighted by molar-refractivity contribution is 5.82. The summed E-state index contributed by atoms with van der Waals surface area (Å²) >= 11 is 0. The van der Waals surface area contributed by atoms with Gasteiger partial charge in [0.2, 0.25) is 11.8 Å². The van der Waals surface area contributed by atoms with E-state index < -0.39 is 0 Å². The zero-order chi connectivity index (χ0) is 17.0. The Labute approximate surface area is 136 Å². The van der Waals surface area contributed by atoms with Gasteiger partial charge in [0.25, 0.3) is 0 Å². The van der Waals surface area contributed by atoms with Gasteiger partial charge in [0, 0.05) is 24.2 Å². The Morgan fingerprint density at radius 3 is 2.61 bits per heavy atom. The molecule has 23 heavy (non-hydrogen) atoms. The standard InChI is InChI=1S/C17H24N2O4/c1-11-4-5-13(17(18)21)10-19(11)16(20)8-12-6-7-14(22-2)9-15(12)23-3/h6-7,9,11,13H,4-5,8,10H2,1-3H3,(H2,18,21)/t11-,13-/m1/s1. The van der Waals surface area contributed by atoms with Crippen molar-refractivity contribution in [1.82, 2.24) is 4.90 Å². The van der Waals surface area contributed by atoms with Gasteiger partial charge >= 0.3 is 0 Å². The molecule has 0 aliphatic carbocycles. The number of rotatable bonds is 5. The molecule has 1 saturated heterocycles. The third-order valence-electron chi connectivity index (χ3n) is 4.44. The molecule has 2 rings (SSSR count). The molecule has 2 N–H and O–H groups in total. The summed E-state index contributed by atoms with van der Waals surface area (Å²) in [7, 11) is 3.15. The van der Waals surface area contributed by atoms with E-state index in [1.54, 1.807) is 31.3 Å². The van der Waals surface area contributed by atoms with Crippen LogP contribution in [0.1, 0.15) is 25.3 Å².